The number of benzene rings is 1. The van der Waals surface area contributed by atoms with E-state index >= 15 is 0 Å². The zero-order valence-electron chi connectivity index (χ0n) is 10.5. The van der Waals surface area contributed by atoms with Gasteiger partial charge in [-0.05, 0) is 36.8 Å². The molecule has 0 radical (unpaired) electrons. The van der Waals surface area contributed by atoms with Crippen molar-refractivity contribution >= 4 is 10.9 Å². The van der Waals surface area contributed by atoms with Gasteiger partial charge in [-0.3, -0.25) is 0 Å². The first-order valence-corrected chi connectivity index (χ1v) is 6.72. The molecule has 1 saturated heterocycles. The molecule has 2 heterocycles. The maximum Gasteiger partial charge on any atom is 0.157 e. The lowest BCUT2D eigenvalue weighted by Crippen LogP contribution is -2.23. The number of aromatic nitrogens is 1. The number of aromatic amines is 1. The van der Waals surface area contributed by atoms with Crippen LogP contribution in [0, 0.1) is 0 Å². The standard InChI is InChI=1S/C15H19NO2/c1-2-6-14-12(5-1)11-13(16-14)8-10-18-15-7-3-4-9-17-15/h1-2,5-6,11,15-16H,3-4,7-10H2. The molecule has 18 heavy (non-hydrogen) atoms. The van der Waals surface area contributed by atoms with E-state index in [-0.39, 0.29) is 6.29 Å². The van der Waals surface area contributed by atoms with E-state index in [1.165, 1.54) is 29.4 Å². The molecular weight excluding hydrogens is 226 g/mol. The van der Waals surface area contributed by atoms with Crippen LogP contribution in [0.15, 0.2) is 30.3 Å². The van der Waals surface area contributed by atoms with Crippen molar-refractivity contribution in [1.29, 1.82) is 0 Å². The van der Waals surface area contributed by atoms with Crippen molar-refractivity contribution in [2.45, 2.75) is 32.0 Å². The van der Waals surface area contributed by atoms with Crippen LogP contribution >= 0.6 is 0 Å². The summed E-state index contributed by atoms with van der Waals surface area (Å²) in [6, 6.07) is 10.5. The molecule has 1 N–H and O–H groups in total. The number of rotatable bonds is 4. The molecule has 0 spiro atoms. The SMILES string of the molecule is c1ccc2[nH]c(CCOC3CCCCO3)cc2c1. The number of hydrogen-bond acceptors (Lipinski definition) is 2. The molecule has 1 unspecified atom stereocenters. The molecule has 1 fully saturated rings. The second-order valence-electron chi connectivity index (χ2n) is 4.80. The second kappa shape index (κ2) is 5.55. The van der Waals surface area contributed by atoms with Crippen molar-refractivity contribution in [2.75, 3.05) is 13.2 Å². The molecule has 1 aromatic carbocycles. The largest absolute Gasteiger partial charge is 0.358 e. The Labute approximate surface area is 107 Å². The van der Waals surface area contributed by atoms with E-state index in [0.29, 0.717) is 0 Å². The highest BCUT2D eigenvalue weighted by atomic mass is 16.7. The van der Waals surface area contributed by atoms with Crippen LogP contribution in [0.25, 0.3) is 10.9 Å². The normalized spacial score (nSPS) is 20.3. The summed E-state index contributed by atoms with van der Waals surface area (Å²) in [6.45, 7) is 1.56. The molecular formula is C15H19NO2. The molecule has 0 bridgehead atoms. The monoisotopic (exact) mass is 245 g/mol. The van der Waals surface area contributed by atoms with E-state index in [0.717, 1.165) is 26.1 Å². The maximum atomic E-state index is 5.74. The van der Waals surface area contributed by atoms with Gasteiger partial charge in [0.1, 0.15) is 0 Å². The van der Waals surface area contributed by atoms with E-state index in [2.05, 4.69) is 35.3 Å². The first-order valence-electron chi connectivity index (χ1n) is 6.72. The minimum Gasteiger partial charge on any atom is -0.358 e. The van der Waals surface area contributed by atoms with Gasteiger partial charge in [-0.25, -0.2) is 0 Å². The lowest BCUT2D eigenvalue weighted by molar-refractivity contribution is -0.161. The number of nitrogens with one attached hydrogen (secondary N) is 1. The van der Waals surface area contributed by atoms with Crippen LogP contribution in [0.3, 0.4) is 0 Å². The van der Waals surface area contributed by atoms with Crippen molar-refractivity contribution in [3.05, 3.63) is 36.0 Å². The minimum absolute atomic E-state index is 0.0168. The van der Waals surface area contributed by atoms with Gasteiger partial charge in [0.15, 0.2) is 6.29 Å². The van der Waals surface area contributed by atoms with Crippen molar-refractivity contribution in [3.8, 4) is 0 Å². The Hall–Kier alpha value is -1.32. The Kier molecular flexibility index (Phi) is 3.62. The van der Waals surface area contributed by atoms with Crippen LogP contribution in [0.1, 0.15) is 25.0 Å². The number of H-pyrrole nitrogens is 1. The molecule has 3 nitrogen and oxygen atoms in total. The first-order chi connectivity index (χ1) is 8.92. The fourth-order valence-electron chi connectivity index (χ4n) is 2.41. The smallest absolute Gasteiger partial charge is 0.157 e. The third-order valence-corrected chi connectivity index (χ3v) is 3.40. The van der Waals surface area contributed by atoms with E-state index in [9.17, 15) is 0 Å². The topological polar surface area (TPSA) is 34.2 Å². The first kappa shape index (κ1) is 11.8. The quantitative estimate of drug-likeness (QED) is 0.897. The molecule has 1 aromatic heterocycles. The van der Waals surface area contributed by atoms with Gasteiger partial charge in [0.2, 0.25) is 0 Å². The predicted molar refractivity (Wildman–Crippen MR) is 71.5 cm³/mol. The molecule has 0 amide bonds. The third-order valence-electron chi connectivity index (χ3n) is 3.40. The maximum absolute atomic E-state index is 5.74. The van der Waals surface area contributed by atoms with Gasteiger partial charge in [0.05, 0.1) is 6.61 Å². The number of hydrogen-bond donors (Lipinski definition) is 1. The Bertz CT molecular complexity index is 467. The molecule has 0 saturated carbocycles. The summed E-state index contributed by atoms with van der Waals surface area (Å²) in [5, 5.41) is 1.27. The fraction of sp³-hybridized carbons (Fsp3) is 0.467. The lowest BCUT2D eigenvalue weighted by Gasteiger charge is -2.22. The fourth-order valence-corrected chi connectivity index (χ4v) is 2.41. The summed E-state index contributed by atoms with van der Waals surface area (Å²) >= 11 is 0. The Morgan fingerprint density at radius 1 is 1.28 bits per heavy atom. The van der Waals surface area contributed by atoms with Crippen molar-refractivity contribution in [2.24, 2.45) is 0 Å². The number of fused-ring (bicyclic) bond motifs is 1. The molecule has 3 heteroatoms. The molecule has 1 aliphatic heterocycles. The van der Waals surface area contributed by atoms with Gasteiger partial charge in [-0.15, -0.1) is 0 Å². The van der Waals surface area contributed by atoms with Crippen molar-refractivity contribution in [3.63, 3.8) is 0 Å². The number of ether oxygens (including phenoxy) is 2. The second-order valence-corrected chi connectivity index (χ2v) is 4.80. The predicted octanol–water partition coefficient (Wildman–Crippen LogP) is 3.25. The number of para-hydroxylation sites is 1. The summed E-state index contributed by atoms with van der Waals surface area (Å²) in [5.74, 6) is 0. The van der Waals surface area contributed by atoms with Gasteiger partial charge in [0.25, 0.3) is 0 Å². The van der Waals surface area contributed by atoms with E-state index < -0.39 is 0 Å². The van der Waals surface area contributed by atoms with Gasteiger partial charge in [-0.2, -0.15) is 0 Å². The van der Waals surface area contributed by atoms with Crippen LogP contribution in [0.4, 0.5) is 0 Å². The summed E-state index contributed by atoms with van der Waals surface area (Å²) in [6.07, 6.45) is 4.35. The lowest BCUT2D eigenvalue weighted by atomic mass is 10.2. The van der Waals surface area contributed by atoms with Crippen LogP contribution in [-0.4, -0.2) is 24.5 Å². The highest BCUT2D eigenvalue weighted by Crippen LogP contribution is 2.16. The Balaban J connectivity index is 1.53. The zero-order chi connectivity index (χ0) is 12.2. The van der Waals surface area contributed by atoms with Gasteiger partial charge < -0.3 is 14.5 Å². The molecule has 1 atom stereocenters. The molecule has 0 aliphatic carbocycles. The summed E-state index contributed by atoms with van der Waals surface area (Å²) in [7, 11) is 0. The van der Waals surface area contributed by atoms with Crippen molar-refractivity contribution < 1.29 is 9.47 Å². The van der Waals surface area contributed by atoms with Crippen molar-refractivity contribution in [1.82, 2.24) is 4.98 Å². The molecule has 3 rings (SSSR count). The summed E-state index contributed by atoms with van der Waals surface area (Å²) in [4.78, 5) is 3.41. The van der Waals surface area contributed by atoms with Gasteiger partial charge >= 0.3 is 0 Å². The highest BCUT2D eigenvalue weighted by Gasteiger charge is 2.13. The minimum atomic E-state index is 0.0168. The average molecular weight is 245 g/mol. The highest BCUT2D eigenvalue weighted by molar-refractivity contribution is 5.80. The van der Waals surface area contributed by atoms with E-state index in [1.54, 1.807) is 0 Å². The molecule has 1 aliphatic rings. The van der Waals surface area contributed by atoms with Gasteiger partial charge in [-0.1, -0.05) is 18.2 Å². The van der Waals surface area contributed by atoms with E-state index in [4.69, 9.17) is 9.47 Å². The van der Waals surface area contributed by atoms with E-state index in [1.807, 2.05) is 0 Å². The average Bonchev–Trinajstić information content (AvgIpc) is 2.82. The summed E-state index contributed by atoms with van der Waals surface area (Å²) in [5.41, 5.74) is 2.42. The third kappa shape index (κ3) is 2.74. The molecule has 96 valence electrons. The Morgan fingerprint density at radius 3 is 3.06 bits per heavy atom. The van der Waals surface area contributed by atoms with Crippen LogP contribution in [0.2, 0.25) is 0 Å². The van der Waals surface area contributed by atoms with Gasteiger partial charge in [0, 0.05) is 24.2 Å². The summed E-state index contributed by atoms with van der Waals surface area (Å²) < 4.78 is 11.3. The van der Waals surface area contributed by atoms with Crippen LogP contribution in [-0.2, 0) is 15.9 Å². The Morgan fingerprint density at radius 2 is 2.22 bits per heavy atom. The molecule has 2 aromatic rings. The van der Waals surface area contributed by atoms with Crippen LogP contribution < -0.4 is 0 Å². The van der Waals surface area contributed by atoms with Crippen LogP contribution in [0.5, 0.6) is 0 Å². The zero-order valence-corrected chi connectivity index (χ0v) is 10.5.